The van der Waals surface area contributed by atoms with Crippen molar-refractivity contribution in [3.63, 3.8) is 0 Å². The molecule has 2 nitrogen and oxygen atoms in total. The third-order valence-electron chi connectivity index (χ3n) is 3.44. The largest absolute Gasteiger partial charge is 0.398 e. The van der Waals surface area contributed by atoms with Gasteiger partial charge in [-0.25, -0.2) is 0 Å². The lowest BCUT2D eigenvalue weighted by Crippen LogP contribution is -2.41. The highest BCUT2D eigenvalue weighted by Gasteiger charge is 2.41. The molecular weight excluding hydrogens is 321 g/mol. The minimum atomic E-state index is -4.09. The number of rotatable bonds is 2. The molecule has 19 heavy (non-hydrogen) atoms. The van der Waals surface area contributed by atoms with Crippen molar-refractivity contribution >= 4 is 21.6 Å². The Morgan fingerprint density at radius 3 is 2.74 bits per heavy atom. The molecule has 1 fully saturated rings. The van der Waals surface area contributed by atoms with Crippen LogP contribution in [-0.4, -0.2) is 24.2 Å². The molecule has 0 bridgehead atoms. The highest BCUT2D eigenvalue weighted by molar-refractivity contribution is 9.10. The molecule has 1 atom stereocenters. The van der Waals surface area contributed by atoms with E-state index in [1.165, 1.54) is 0 Å². The number of benzene rings is 1. The predicted molar refractivity (Wildman–Crippen MR) is 72.6 cm³/mol. The molecular formula is C13H16BrF3N2. The van der Waals surface area contributed by atoms with E-state index < -0.39 is 12.1 Å². The van der Waals surface area contributed by atoms with E-state index >= 15 is 0 Å². The molecule has 1 aliphatic rings. The van der Waals surface area contributed by atoms with E-state index in [1.54, 1.807) is 6.07 Å². The number of likely N-dealkylation sites (tertiary alicyclic amines) is 1. The quantitative estimate of drug-likeness (QED) is 0.832. The van der Waals surface area contributed by atoms with Gasteiger partial charge in [0.2, 0.25) is 0 Å². The van der Waals surface area contributed by atoms with Crippen LogP contribution < -0.4 is 5.73 Å². The van der Waals surface area contributed by atoms with Crippen molar-refractivity contribution in [1.29, 1.82) is 0 Å². The number of alkyl halides is 3. The predicted octanol–water partition coefficient (Wildman–Crippen LogP) is 3.81. The molecule has 6 heteroatoms. The van der Waals surface area contributed by atoms with Crippen molar-refractivity contribution in [2.45, 2.75) is 25.6 Å². The Morgan fingerprint density at radius 1 is 1.37 bits per heavy atom. The Hall–Kier alpha value is -0.750. The average molecular weight is 337 g/mol. The number of nitrogens with zero attached hydrogens (tertiary/aromatic N) is 1. The van der Waals surface area contributed by atoms with Crippen LogP contribution in [0.1, 0.15) is 18.4 Å². The standard InChI is InChI=1S/C13H16BrF3N2/c14-11-4-3-9(6-12(11)18)7-19-5-1-2-10(8-19)13(15,16)17/h3-4,6,10H,1-2,5,7-8,18H2. The van der Waals surface area contributed by atoms with Gasteiger partial charge in [-0.1, -0.05) is 6.07 Å². The van der Waals surface area contributed by atoms with Crippen molar-refractivity contribution in [2.24, 2.45) is 5.92 Å². The maximum atomic E-state index is 12.7. The first-order valence-corrected chi connectivity index (χ1v) is 6.98. The SMILES string of the molecule is Nc1cc(CN2CCCC(C(F)(F)F)C2)ccc1Br. The zero-order valence-electron chi connectivity index (χ0n) is 10.4. The van der Waals surface area contributed by atoms with Crippen molar-refractivity contribution < 1.29 is 13.2 Å². The molecule has 2 N–H and O–H groups in total. The molecule has 1 aromatic rings. The third-order valence-corrected chi connectivity index (χ3v) is 4.16. The van der Waals surface area contributed by atoms with Gasteiger partial charge in [-0.15, -0.1) is 0 Å². The molecule has 0 spiro atoms. The first-order valence-electron chi connectivity index (χ1n) is 6.19. The van der Waals surface area contributed by atoms with Crippen molar-refractivity contribution in [3.05, 3.63) is 28.2 Å². The number of hydrogen-bond acceptors (Lipinski definition) is 2. The molecule has 1 aliphatic heterocycles. The number of anilines is 1. The number of piperidine rings is 1. The van der Waals surface area contributed by atoms with Gasteiger partial charge in [0.1, 0.15) is 0 Å². The van der Waals surface area contributed by atoms with Gasteiger partial charge in [0.05, 0.1) is 5.92 Å². The van der Waals surface area contributed by atoms with E-state index in [2.05, 4.69) is 15.9 Å². The van der Waals surface area contributed by atoms with E-state index in [4.69, 9.17) is 5.73 Å². The topological polar surface area (TPSA) is 29.3 Å². The summed E-state index contributed by atoms with van der Waals surface area (Å²) in [4.78, 5) is 1.85. The first-order chi connectivity index (χ1) is 8.86. The summed E-state index contributed by atoms with van der Waals surface area (Å²) in [5.74, 6) is -1.20. The number of nitrogens with two attached hydrogens (primary N) is 1. The molecule has 1 heterocycles. The van der Waals surface area contributed by atoms with Gasteiger partial charge >= 0.3 is 6.18 Å². The zero-order chi connectivity index (χ0) is 14.0. The lowest BCUT2D eigenvalue weighted by atomic mass is 9.97. The van der Waals surface area contributed by atoms with Gasteiger partial charge in [-0.3, -0.25) is 4.90 Å². The summed E-state index contributed by atoms with van der Waals surface area (Å²) in [5.41, 5.74) is 7.34. The lowest BCUT2D eigenvalue weighted by Gasteiger charge is -2.33. The third kappa shape index (κ3) is 3.86. The van der Waals surface area contributed by atoms with Crippen LogP contribution >= 0.6 is 15.9 Å². The van der Waals surface area contributed by atoms with E-state index in [1.807, 2.05) is 17.0 Å². The van der Waals surface area contributed by atoms with Crippen LogP contribution in [0.25, 0.3) is 0 Å². The van der Waals surface area contributed by atoms with E-state index in [-0.39, 0.29) is 13.0 Å². The molecule has 0 aliphatic carbocycles. The van der Waals surface area contributed by atoms with Crippen LogP contribution in [-0.2, 0) is 6.54 Å². The maximum Gasteiger partial charge on any atom is 0.393 e. The molecule has 0 radical (unpaired) electrons. The Morgan fingerprint density at radius 2 is 2.11 bits per heavy atom. The molecule has 1 saturated heterocycles. The molecule has 106 valence electrons. The fourth-order valence-corrected chi connectivity index (χ4v) is 2.66. The van der Waals surface area contributed by atoms with Crippen molar-refractivity contribution in [2.75, 3.05) is 18.8 Å². The van der Waals surface area contributed by atoms with Crippen LogP contribution in [0, 0.1) is 5.92 Å². The minimum Gasteiger partial charge on any atom is -0.398 e. The first kappa shape index (κ1) is 14.7. The van der Waals surface area contributed by atoms with Gasteiger partial charge < -0.3 is 5.73 Å². The number of nitrogen functional groups attached to an aromatic ring is 1. The van der Waals surface area contributed by atoms with Crippen molar-refractivity contribution in [3.8, 4) is 0 Å². The molecule has 2 rings (SSSR count). The summed E-state index contributed by atoms with van der Waals surface area (Å²) < 4.78 is 39.0. The van der Waals surface area contributed by atoms with Crippen LogP contribution in [0.2, 0.25) is 0 Å². The summed E-state index contributed by atoms with van der Waals surface area (Å²) in [7, 11) is 0. The summed E-state index contributed by atoms with van der Waals surface area (Å²) in [5, 5.41) is 0. The average Bonchev–Trinajstić information content (AvgIpc) is 2.33. The van der Waals surface area contributed by atoms with Gasteiger partial charge in [-0.2, -0.15) is 13.2 Å². The van der Waals surface area contributed by atoms with Gasteiger partial charge in [0.25, 0.3) is 0 Å². The minimum absolute atomic E-state index is 0.0828. The zero-order valence-corrected chi connectivity index (χ0v) is 12.0. The Labute approximate surface area is 118 Å². The molecule has 1 unspecified atom stereocenters. The second-order valence-corrected chi connectivity index (χ2v) is 5.83. The maximum absolute atomic E-state index is 12.7. The van der Waals surface area contributed by atoms with Crippen LogP contribution in [0.4, 0.5) is 18.9 Å². The lowest BCUT2D eigenvalue weighted by molar-refractivity contribution is -0.187. The summed E-state index contributed by atoms with van der Waals surface area (Å²) in [6.07, 6.45) is -3.25. The van der Waals surface area contributed by atoms with Gasteiger partial charge in [0, 0.05) is 23.2 Å². The van der Waals surface area contributed by atoms with Crippen LogP contribution in [0.5, 0.6) is 0 Å². The van der Waals surface area contributed by atoms with Gasteiger partial charge in [-0.05, 0) is 53.0 Å². The highest BCUT2D eigenvalue weighted by Crippen LogP contribution is 2.33. The second-order valence-electron chi connectivity index (χ2n) is 4.97. The van der Waals surface area contributed by atoms with E-state index in [0.29, 0.717) is 25.2 Å². The Bertz CT molecular complexity index is 448. The fourth-order valence-electron chi connectivity index (χ4n) is 2.42. The van der Waals surface area contributed by atoms with E-state index in [9.17, 15) is 13.2 Å². The number of hydrogen-bond donors (Lipinski definition) is 1. The monoisotopic (exact) mass is 336 g/mol. The molecule has 0 saturated carbocycles. The molecule has 0 aromatic heterocycles. The van der Waals surface area contributed by atoms with Crippen molar-refractivity contribution in [1.82, 2.24) is 4.90 Å². The van der Waals surface area contributed by atoms with Crippen LogP contribution in [0.3, 0.4) is 0 Å². The summed E-state index contributed by atoms with van der Waals surface area (Å²) >= 11 is 3.30. The fraction of sp³-hybridized carbons (Fsp3) is 0.538. The Balaban J connectivity index is 2.00. The second kappa shape index (κ2) is 5.71. The highest BCUT2D eigenvalue weighted by atomic mass is 79.9. The molecule has 0 amide bonds. The number of halogens is 4. The smallest absolute Gasteiger partial charge is 0.393 e. The summed E-state index contributed by atoms with van der Waals surface area (Å²) in [6, 6.07) is 5.52. The van der Waals surface area contributed by atoms with Gasteiger partial charge in [0.15, 0.2) is 0 Å². The van der Waals surface area contributed by atoms with Crippen LogP contribution in [0.15, 0.2) is 22.7 Å². The summed E-state index contributed by atoms with van der Waals surface area (Å²) in [6.45, 7) is 1.31. The van der Waals surface area contributed by atoms with E-state index in [0.717, 1.165) is 10.0 Å². The molecule has 1 aromatic carbocycles. The Kier molecular flexibility index (Phi) is 4.40. The normalized spacial score (nSPS) is 21.6.